The molecule has 1 saturated heterocycles. The van der Waals surface area contributed by atoms with Gasteiger partial charge in [0.2, 0.25) is 5.91 Å². The highest BCUT2D eigenvalue weighted by Crippen LogP contribution is 2.35. The molecule has 1 aliphatic rings. The fourth-order valence-corrected chi connectivity index (χ4v) is 4.07. The highest BCUT2D eigenvalue weighted by molar-refractivity contribution is 6.11. The van der Waals surface area contributed by atoms with Crippen LogP contribution in [-0.2, 0) is 21.7 Å². The predicted octanol–water partition coefficient (Wildman–Crippen LogP) is 3.53. The number of hydrogen-bond donors (Lipinski definition) is 1. The summed E-state index contributed by atoms with van der Waals surface area (Å²) in [4.78, 5) is 42.4. The molecule has 0 atom stereocenters. The molecule has 0 spiro atoms. The van der Waals surface area contributed by atoms with Crippen molar-refractivity contribution in [1.29, 1.82) is 0 Å². The van der Waals surface area contributed by atoms with Crippen molar-refractivity contribution in [3.63, 3.8) is 0 Å². The lowest BCUT2D eigenvalue weighted by Crippen LogP contribution is -2.46. The van der Waals surface area contributed by atoms with Gasteiger partial charge >= 0.3 is 6.03 Å². The van der Waals surface area contributed by atoms with Crippen LogP contribution in [0, 0.1) is 0 Å². The van der Waals surface area contributed by atoms with E-state index in [-0.39, 0.29) is 12.5 Å². The predicted molar refractivity (Wildman–Crippen MR) is 121 cm³/mol. The van der Waals surface area contributed by atoms with E-state index in [9.17, 15) is 14.4 Å². The smallest absolute Gasteiger partial charge is 0.326 e. The standard InChI is InChI=1S/C26H25N3O3/c1-2-28(18-20-12-6-3-7-13-20)23(30)19-29-24(31)26(27-25(29)32,21-14-8-4-9-15-21)22-16-10-5-11-17-22/h3-17H,2,18-19H2,1H3,(H,27,32). The molecule has 1 heterocycles. The van der Waals surface area contributed by atoms with E-state index in [0.717, 1.165) is 10.5 Å². The molecule has 0 radical (unpaired) electrons. The number of rotatable bonds is 7. The lowest BCUT2D eigenvalue weighted by atomic mass is 9.82. The molecular formula is C26H25N3O3. The molecule has 4 rings (SSSR count). The second-order valence-corrected chi connectivity index (χ2v) is 7.70. The average molecular weight is 428 g/mol. The Morgan fingerprint density at radius 1 is 0.844 bits per heavy atom. The third kappa shape index (κ3) is 3.87. The van der Waals surface area contributed by atoms with Gasteiger partial charge in [-0.25, -0.2) is 4.79 Å². The quantitative estimate of drug-likeness (QED) is 0.587. The lowest BCUT2D eigenvalue weighted by Gasteiger charge is -2.28. The fraction of sp³-hybridized carbons (Fsp3) is 0.192. The topological polar surface area (TPSA) is 69.7 Å². The van der Waals surface area contributed by atoms with Crippen LogP contribution in [0.2, 0.25) is 0 Å². The van der Waals surface area contributed by atoms with Crippen molar-refractivity contribution in [2.75, 3.05) is 13.1 Å². The zero-order valence-corrected chi connectivity index (χ0v) is 17.9. The minimum absolute atomic E-state index is 0.281. The van der Waals surface area contributed by atoms with Gasteiger partial charge in [-0.05, 0) is 23.6 Å². The maximum atomic E-state index is 13.7. The van der Waals surface area contributed by atoms with Gasteiger partial charge in [0, 0.05) is 13.1 Å². The number of nitrogens with zero attached hydrogens (tertiary/aromatic N) is 2. The van der Waals surface area contributed by atoms with Gasteiger partial charge in [0.1, 0.15) is 6.54 Å². The molecule has 1 N–H and O–H groups in total. The van der Waals surface area contributed by atoms with Crippen molar-refractivity contribution in [1.82, 2.24) is 15.1 Å². The van der Waals surface area contributed by atoms with E-state index < -0.39 is 17.5 Å². The Morgan fingerprint density at radius 2 is 1.34 bits per heavy atom. The summed E-state index contributed by atoms with van der Waals surface area (Å²) in [6, 6.07) is 27.3. The van der Waals surface area contributed by atoms with Gasteiger partial charge in [0.05, 0.1) is 0 Å². The summed E-state index contributed by atoms with van der Waals surface area (Å²) in [6.45, 7) is 2.46. The van der Waals surface area contributed by atoms with Gasteiger partial charge in [-0.2, -0.15) is 0 Å². The monoisotopic (exact) mass is 427 g/mol. The molecule has 4 amide bonds. The van der Waals surface area contributed by atoms with E-state index >= 15 is 0 Å². The van der Waals surface area contributed by atoms with Gasteiger partial charge in [0.15, 0.2) is 5.54 Å². The largest absolute Gasteiger partial charge is 0.337 e. The van der Waals surface area contributed by atoms with Crippen molar-refractivity contribution < 1.29 is 14.4 Å². The summed E-state index contributed by atoms with van der Waals surface area (Å²) < 4.78 is 0. The minimum atomic E-state index is -1.36. The Morgan fingerprint density at radius 3 is 1.84 bits per heavy atom. The van der Waals surface area contributed by atoms with Crippen LogP contribution in [0.5, 0.6) is 0 Å². The van der Waals surface area contributed by atoms with E-state index in [1.54, 1.807) is 4.90 Å². The Balaban J connectivity index is 1.63. The summed E-state index contributed by atoms with van der Waals surface area (Å²) in [5.74, 6) is -0.735. The van der Waals surface area contributed by atoms with Crippen molar-refractivity contribution in [3.05, 3.63) is 108 Å². The van der Waals surface area contributed by atoms with E-state index in [1.807, 2.05) is 97.9 Å². The Hall–Kier alpha value is -3.93. The molecule has 0 aromatic heterocycles. The van der Waals surface area contributed by atoms with Crippen LogP contribution in [-0.4, -0.2) is 40.7 Å². The number of hydrogen-bond acceptors (Lipinski definition) is 3. The highest BCUT2D eigenvalue weighted by Gasteiger charge is 2.54. The first-order valence-electron chi connectivity index (χ1n) is 10.6. The Labute approximate surface area is 187 Å². The van der Waals surface area contributed by atoms with E-state index in [1.165, 1.54) is 0 Å². The molecule has 32 heavy (non-hydrogen) atoms. The zero-order valence-electron chi connectivity index (χ0n) is 17.9. The first-order chi connectivity index (χ1) is 15.6. The molecule has 3 aromatic carbocycles. The lowest BCUT2D eigenvalue weighted by molar-refractivity contribution is -0.138. The number of nitrogens with one attached hydrogen (secondary N) is 1. The summed E-state index contributed by atoms with van der Waals surface area (Å²) in [5.41, 5.74) is 0.922. The minimum Gasteiger partial charge on any atom is -0.337 e. The third-order valence-corrected chi connectivity index (χ3v) is 5.76. The number of imide groups is 1. The zero-order chi connectivity index (χ0) is 22.6. The summed E-state index contributed by atoms with van der Waals surface area (Å²) in [7, 11) is 0. The molecule has 6 heteroatoms. The SMILES string of the molecule is CCN(Cc1ccccc1)C(=O)CN1C(=O)NC(c2ccccc2)(c2ccccc2)C1=O. The van der Waals surface area contributed by atoms with Crippen LogP contribution < -0.4 is 5.32 Å². The van der Waals surface area contributed by atoms with Crippen molar-refractivity contribution in [2.24, 2.45) is 0 Å². The van der Waals surface area contributed by atoms with Crippen LogP contribution in [0.1, 0.15) is 23.6 Å². The first-order valence-corrected chi connectivity index (χ1v) is 10.6. The molecule has 162 valence electrons. The summed E-state index contributed by atoms with van der Waals surface area (Å²) >= 11 is 0. The second kappa shape index (κ2) is 9.06. The summed E-state index contributed by atoms with van der Waals surface area (Å²) in [6.07, 6.45) is 0. The van der Waals surface area contributed by atoms with Gasteiger partial charge in [-0.15, -0.1) is 0 Å². The van der Waals surface area contributed by atoms with Gasteiger partial charge in [-0.1, -0.05) is 91.0 Å². The van der Waals surface area contributed by atoms with Gasteiger partial charge in [-0.3, -0.25) is 14.5 Å². The molecule has 0 unspecified atom stereocenters. The van der Waals surface area contributed by atoms with Gasteiger partial charge in [0.25, 0.3) is 5.91 Å². The van der Waals surface area contributed by atoms with E-state index in [4.69, 9.17) is 0 Å². The molecule has 3 aromatic rings. The van der Waals surface area contributed by atoms with Crippen molar-refractivity contribution in [3.8, 4) is 0 Å². The van der Waals surface area contributed by atoms with Crippen LogP contribution in [0.4, 0.5) is 4.79 Å². The molecular weight excluding hydrogens is 402 g/mol. The normalized spacial score (nSPS) is 14.8. The Bertz CT molecular complexity index is 1060. The van der Waals surface area contributed by atoms with E-state index in [0.29, 0.717) is 24.2 Å². The average Bonchev–Trinajstić information content (AvgIpc) is 3.10. The van der Waals surface area contributed by atoms with Crippen molar-refractivity contribution >= 4 is 17.8 Å². The molecule has 6 nitrogen and oxygen atoms in total. The molecule has 1 aliphatic heterocycles. The molecule has 0 aliphatic carbocycles. The van der Waals surface area contributed by atoms with Crippen LogP contribution in [0.15, 0.2) is 91.0 Å². The van der Waals surface area contributed by atoms with Crippen LogP contribution >= 0.6 is 0 Å². The highest BCUT2D eigenvalue weighted by atomic mass is 16.2. The summed E-state index contributed by atoms with van der Waals surface area (Å²) in [5, 5.41) is 2.88. The second-order valence-electron chi connectivity index (χ2n) is 7.70. The molecule has 0 saturated carbocycles. The Kier molecular flexibility index (Phi) is 6.03. The number of carbonyl (C=O) groups excluding carboxylic acids is 3. The number of carbonyl (C=O) groups is 3. The van der Waals surface area contributed by atoms with Crippen molar-refractivity contribution in [2.45, 2.75) is 19.0 Å². The molecule has 1 fully saturated rings. The van der Waals surface area contributed by atoms with E-state index in [2.05, 4.69) is 5.32 Å². The molecule has 0 bridgehead atoms. The number of urea groups is 1. The first kappa shape index (κ1) is 21.3. The maximum absolute atomic E-state index is 13.7. The number of benzene rings is 3. The fourth-order valence-electron chi connectivity index (χ4n) is 4.07. The maximum Gasteiger partial charge on any atom is 0.326 e. The number of amides is 4. The number of likely N-dealkylation sites (N-methyl/N-ethyl adjacent to an activating group) is 1. The van der Waals surface area contributed by atoms with Crippen LogP contribution in [0.3, 0.4) is 0 Å². The van der Waals surface area contributed by atoms with Gasteiger partial charge < -0.3 is 10.2 Å². The van der Waals surface area contributed by atoms with Crippen LogP contribution in [0.25, 0.3) is 0 Å². The third-order valence-electron chi connectivity index (χ3n) is 5.76.